The number of rotatable bonds is 4. The van der Waals surface area contributed by atoms with Gasteiger partial charge in [-0.1, -0.05) is 13.8 Å². The normalized spacial score (nSPS) is 10.8. The van der Waals surface area contributed by atoms with Crippen LogP contribution in [0, 0.1) is 17.6 Å². The smallest absolute Gasteiger partial charge is 0.200 e. The van der Waals surface area contributed by atoms with Crippen molar-refractivity contribution in [2.75, 3.05) is 12.9 Å². The lowest BCUT2D eigenvalue weighted by molar-refractivity contribution is 0.254. The van der Waals surface area contributed by atoms with Gasteiger partial charge in [0.25, 0.3) is 0 Å². The van der Waals surface area contributed by atoms with Crippen molar-refractivity contribution in [3.8, 4) is 5.75 Å². The van der Waals surface area contributed by atoms with Gasteiger partial charge in [-0.05, 0) is 24.3 Å². The van der Waals surface area contributed by atoms with Gasteiger partial charge < -0.3 is 4.74 Å². The molecule has 0 bridgehead atoms. The van der Waals surface area contributed by atoms with Crippen LogP contribution in [0.3, 0.4) is 0 Å². The van der Waals surface area contributed by atoms with Crippen LogP contribution in [0.2, 0.25) is 0 Å². The molecular formula is C11H14F2OS. The maximum absolute atomic E-state index is 13.3. The van der Waals surface area contributed by atoms with E-state index in [2.05, 4.69) is 0 Å². The Kier molecular flexibility index (Phi) is 4.39. The zero-order valence-corrected chi connectivity index (χ0v) is 9.83. The topological polar surface area (TPSA) is 9.23 Å². The molecule has 0 fully saturated rings. The largest absolute Gasteiger partial charge is 0.490 e. The van der Waals surface area contributed by atoms with Crippen LogP contribution in [0.15, 0.2) is 17.0 Å². The molecule has 0 saturated carbocycles. The van der Waals surface area contributed by atoms with Crippen LogP contribution in [0.1, 0.15) is 13.8 Å². The van der Waals surface area contributed by atoms with Crippen LogP contribution >= 0.6 is 11.8 Å². The molecule has 0 spiro atoms. The van der Waals surface area contributed by atoms with E-state index < -0.39 is 11.6 Å². The zero-order chi connectivity index (χ0) is 11.4. The van der Waals surface area contributed by atoms with Gasteiger partial charge in [0.2, 0.25) is 5.82 Å². The SMILES string of the molecule is CSc1cc(F)c(F)c(OCC(C)C)c1. The van der Waals surface area contributed by atoms with E-state index in [1.807, 2.05) is 13.8 Å². The van der Waals surface area contributed by atoms with Crippen molar-refractivity contribution in [3.05, 3.63) is 23.8 Å². The molecule has 0 N–H and O–H groups in total. The number of hydrogen-bond donors (Lipinski definition) is 0. The van der Waals surface area contributed by atoms with Crippen molar-refractivity contribution in [1.29, 1.82) is 0 Å². The van der Waals surface area contributed by atoms with E-state index in [0.717, 1.165) is 0 Å². The van der Waals surface area contributed by atoms with Crippen molar-refractivity contribution in [2.24, 2.45) is 5.92 Å². The van der Waals surface area contributed by atoms with Gasteiger partial charge in [-0.15, -0.1) is 11.8 Å². The van der Waals surface area contributed by atoms with E-state index in [-0.39, 0.29) is 11.7 Å². The lowest BCUT2D eigenvalue weighted by Crippen LogP contribution is -2.06. The second-order valence-corrected chi connectivity index (χ2v) is 4.51. The Hall–Kier alpha value is -0.770. The average molecular weight is 232 g/mol. The van der Waals surface area contributed by atoms with Gasteiger partial charge in [0.05, 0.1) is 6.61 Å². The van der Waals surface area contributed by atoms with Crippen molar-refractivity contribution in [2.45, 2.75) is 18.7 Å². The molecule has 0 amide bonds. The summed E-state index contributed by atoms with van der Waals surface area (Å²) in [6.45, 7) is 4.29. The molecule has 0 aliphatic rings. The molecule has 1 nitrogen and oxygen atoms in total. The predicted octanol–water partition coefficient (Wildman–Crippen LogP) is 3.72. The van der Waals surface area contributed by atoms with Gasteiger partial charge in [-0.3, -0.25) is 0 Å². The van der Waals surface area contributed by atoms with E-state index >= 15 is 0 Å². The third kappa shape index (κ3) is 3.38. The highest BCUT2D eigenvalue weighted by Gasteiger charge is 2.12. The number of hydrogen-bond acceptors (Lipinski definition) is 2. The van der Waals surface area contributed by atoms with Crippen LogP contribution in [-0.4, -0.2) is 12.9 Å². The van der Waals surface area contributed by atoms with Gasteiger partial charge in [0, 0.05) is 4.90 Å². The number of ether oxygens (including phenoxy) is 1. The van der Waals surface area contributed by atoms with Gasteiger partial charge in [0.15, 0.2) is 11.6 Å². The summed E-state index contributed by atoms with van der Waals surface area (Å²) < 4.78 is 31.5. The minimum atomic E-state index is -0.909. The molecule has 0 heterocycles. The summed E-state index contributed by atoms with van der Waals surface area (Å²) in [5, 5.41) is 0. The number of thioether (sulfide) groups is 1. The molecule has 84 valence electrons. The molecule has 0 atom stereocenters. The molecule has 0 radical (unpaired) electrons. The lowest BCUT2D eigenvalue weighted by Gasteiger charge is -2.10. The third-order valence-electron chi connectivity index (χ3n) is 1.78. The molecule has 0 unspecified atom stereocenters. The molecule has 1 rings (SSSR count). The van der Waals surface area contributed by atoms with Gasteiger partial charge in [-0.25, -0.2) is 4.39 Å². The van der Waals surface area contributed by atoms with Gasteiger partial charge >= 0.3 is 0 Å². The fraction of sp³-hybridized carbons (Fsp3) is 0.455. The van der Waals surface area contributed by atoms with Gasteiger partial charge in [0.1, 0.15) is 0 Å². The fourth-order valence-corrected chi connectivity index (χ4v) is 1.47. The first-order valence-corrected chi connectivity index (χ1v) is 5.93. The first-order valence-electron chi connectivity index (χ1n) is 4.70. The summed E-state index contributed by atoms with van der Waals surface area (Å²) >= 11 is 1.35. The standard InChI is InChI=1S/C11H14F2OS/c1-7(2)6-14-10-5-8(15-3)4-9(12)11(10)13/h4-5,7H,6H2,1-3H3. The maximum Gasteiger partial charge on any atom is 0.200 e. The minimum absolute atomic E-state index is 0.00644. The van der Waals surface area contributed by atoms with E-state index in [4.69, 9.17) is 4.74 Å². The van der Waals surface area contributed by atoms with E-state index in [1.165, 1.54) is 23.9 Å². The molecule has 15 heavy (non-hydrogen) atoms. The Morgan fingerprint density at radius 3 is 2.53 bits per heavy atom. The monoisotopic (exact) mass is 232 g/mol. The summed E-state index contributed by atoms with van der Waals surface area (Å²) in [5.74, 6) is -1.49. The Balaban J connectivity index is 2.90. The predicted molar refractivity (Wildman–Crippen MR) is 58.5 cm³/mol. The fourth-order valence-electron chi connectivity index (χ4n) is 1.02. The molecule has 1 aromatic carbocycles. The van der Waals surface area contributed by atoms with Crippen LogP contribution in [-0.2, 0) is 0 Å². The second kappa shape index (κ2) is 5.35. The van der Waals surface area contributed by atoms with E-state index in [9.17, 15) is 8.78 Å². The highest BCUT2D eigenvalue weighted by molar-refractivity contribution is 7.98. The molecule has 4 heteroatoms. The summed E-state index contributed by atoms with van der Waals surface area (Å²) in [5.41, 5.74) is 0. The first-order chi connectivity index (χ1) is 7.04. The second-order valence-electron chi connectivity index (χ2n) is 3.63. The molecule has 0 aliphatic heterocycles. The third-order valence-corrected chi connectivity index (χ3v) is 2.48. The highest BCUT2D eigenvalue weighted by Crippen LogP contribution is 2.27. The van der Waals surface area contributed by atoms with E-state index in [1.54, 1.807) is 6.26 Å². The Labute approximate surface area is 92.8 Å². The summed E-state index contributed by atoms with van der Waals surface area (Å²) in [6.07, 6.45) is 1.80. The minimum Gasteiger partial charge on any atom is -0.490 e. The lowest BCUT2D eigenvalue weighted by atomic mass is 10.2. The molecule has 0 aromatic heterocycles. The van der Waals surface area contributed by atoms with Crippen LogP contribution < -0.4 is 4.74 Å². The van der Waals surface area contributed by atoms with Crippen molar-refractivity contribution >= 4 is 11.8 Å². The van der Waals surface area contributed by atoms with Crippen LogP contribution in [0.4, 0.5) is 8.78 Å². The van der Waals surface area contributed by atoms with Crippen LogP contribution in [0.5, 0.6) is 5.75 Å². The van der Waals surface area contributed by atoms with E-state index in [0.29, 0.717) is 11.5 Å². The Morgan fingerprint density at radius 2 is 2.00 bits per heavy atom. The average Bonchev–Trinajstić information content (AvgIpc) is 2.19. The van der Waals surface area contributed by atoms with Gasteiger partial charge in [-0.2, -0.15) is 4.39 Å². The number of benzene rings is 1. The Morgan fingerprint density at radius 1 is 1.33 bits per heavy atom. The molecule has 1 aromatic rings. The first kappa shape index (κ1) is 12.3. The molecular weight excluding hydrogens is 218 g/mol. The van der Waals surface area contributed by atoms with Crippen LogP contribution in [0.25, 0.3) is 0 Å². The molecule has 0 saturated heterocycles. The van der Waals surface area contributed by atoms with Crippen molar-refractivity contribution in [1.82, 2.24) is 0 Å². The molecule has 0 aliphatic carbocycles. The Bertz CT molecular complexity index is 340. The summed E-state index contributed by atoms with van der Waals surface area (Å²) in [6, 6.07) is 2.69. The number of halogens is 2. The summed E-state index contributed by atoms with van der Waals surface area (Å²) in [4.78, 5) is 0.660. The zero-order valence-electron chi connectivity index (χ0n) is 9.01. The highest BCUT2D eigenvalue weighted by atomic mass is 32.2. The van der Waals surface area contributed by atoms with Crippen molar-refractivity contribution < 1.29 is 13.5 Å². The quantitative estimate of drug-likeness (QED) is 0.732. The maximum atomic E-state index is 13.3. The summed E-state index contributed by atoms with van der Waals surface area (Å²) in [7, 11) is 0. The van der Waals surface area contributed by atoms with Crippen molar-refractivity contribution in [3.63, 3.8) is 0 Å².